The van der Waals surface area contributed by atoms with Crippen molar-refractivity contribution in [1.29, 1.82) is 0 Å². The summed E-state index contributed by atoms with van der Waals surface area (Å²) >= 11 is 2.81. The maximum absolute atomic E-state index is 12.6. The molecule has 0 bridgehead atoms. The Bertz CT molecular complexity index is 890. The van der Waals surface area contributed by atoms with Gasteiger partial charge in [0.15, 0.2) is 0 Å². The SMILES string of the molecule is CCOC(=O)c1c(NC(=O)CSc2nnnn2C2CC2)sc2c1CCC(C)C2. The Morgan fingerprint density at radius 2 is 2.18 bits per heavy atom. The molecule has 0 spiro atoms. The Balaban J connectivity index is 1.47. The van der Waals surface area contributed by atoms with Crippen molar-refractivity contribution in [3.05, 3.63) is 16.0 Å². The van der Waals surface area contributed by atoms with E-state index in [2.05, 4.69) is 27.8 Å². The molecule has 10 heteroatoms. The lowest BCUT2D eigenvalue weighted by atomic mass is 9.88. The third-order valence-electron chi connectivity index (χ3n) is 4.93. The van der Waals surface area contributed by atoms with Crippen LogP contribution in [0.5, 0.6) is 0 Å². The molecule has 2 aromatic rings. The van der Waals surface area contributed by atoms with Gasteiger partial charge in [-0.15, -0.1) is 16.4 Å². The average molecular weight is 422 g/mol. The highest BCUT2D eigenvalue weighted by atomic mass is 32.2. The molecular formula is C18H23N5O3S2. The molecule has 28 heavy (non-hydrogen) atoms. The zero-order valence-corrected chi connectivity index (χ0v) is 17.6. The van der Waals surface area contributed by atoms with E-state index in [0.29, 0.717) is 34.3 Å². The maximum Gasteiger partial charge on any atom is 0.341 e. The Morgan fingerprint density at radius 3 is 2.93 bits per heavy atom. The van der Waals surface area contributed by atoms with E-state index in [1.54, 1.807) is 11.6 Å². The molecule has 1 unspecified atom stereocenters. The van der Waals surface area contributed by atoms with Crippen LogP contribution in [0.4, 0.5) is 5.00 Å². The highest BCUT2D eigenvalue weighted by Gasteiger charge is 2.30. The zero-order chi connectivity index (χ0) is 19.7. The average Bonchev–Trinajstić information content (AvgIpc) is 3.29. The van der Waals surface area contributed by atoms with E-state index < -0.39 is 0 Å². The van der Waals surface area contributed by atoms with E-state index in [1.807, 2.05) is 0 Å². The number of amides is 1. The van der Waals surface area contributed by atoms with Crippen molar-refractivity contribution >= 4 is 40.0 Å². The van der Waals surface area contributed by atoms with Gasteiger partial charge in [0, 0.05) is 4.88 Å². The number of nitrogens with zero attached hydrogens (tertiary/aromatic N) is 4. The first-order valence-corrected chi connectivity index (χ1v) is 11.4. The Morgan fingerprint density at radius 1 is 1.36 bits per heavy atom. The Kier molecular flexibility index (Phi) is 5.68. The summed E-state index contributed by atoms with van der Waals surface area (Å²) in [6.45, 7) is 4.32. The van der Waals surface area contributed by atoms with E-state index >= 15 is 0 Å². The van der Waals surface area contributed by atoms with Crippen molar-refractivity contribution in [3.8, 4) is 0 Å². The van der Waals surface area contributed by atoms with E-state index in [-0.39, 0.29) is 17.6 Å². The molecule has 1 saturated carbocycles. The lowest BCUT2D eigenvalue weighted by Crippen LogP contribution is -2.18. The fraction of sp³-hybridized carbons (Fsp3) is 0.611. The molecule has 1 N–H and O–H groups in total. The van der Waals surface area contributed by atoms with Gasteiger partial charge in [-0.05, 0) is 60.9 Å². The second kappa shape index (κ2) is 8.20. The second-order valence-corrected chi connectivity index (χ2v) is 9.30. The third-order valence-corrected chi connectivity index (χ3v) is 7.04. The molecule has 0 aliphatic heterocycles. The molecule has 1 atom stereocenters. The normalized spacial score (nSPS) is 18.6. The maximum atomic E-state index is 12.6. The van der Waals surface area contributed by atoms with Crippen LogP contribution in [0.25, 0.3) is 0 Å². The van der Waals surface area contributed by atoms with Crippen LogP contribution in [-0.4, -0.2) is 44.4 Å². The highest BCUT2D eigenvalue weighted by Crippen LogP contribution is 2.40. The van der Waals surface area contributed by atoms with Gasteiger partial charge in [-0.3, -0.25) is 4.79 Å². The van der Waals surface area contributed by atoms with Crippen LogP contribution in [0.1, 0.15) is 60.0 Å². The van der Waals surface area contributed by atoms with Crippen LogP contribution in [0.15, 0.2) is 5.16 Å². The summed E-state index contributed by atoms with van der Waals surface area (Å²) in [7, 11) is 0. The molecule has 0 saturated heterocycles. The fourth-order valence-corrected chi connectivity index (χ4v) is 5.54. The Labute approximate surface area is 171 Å². The van der Waals surface area contributed by atoms with Gasteiger partial charge in [-0.1, -0.05) is 18.7 Å². The van der Waals surface area contributed by atoms with Gasteiger partial charge in [-0.25, -0.2) is 9.48 Å². The van der Waals surface area contributed by atoms with Gasteiger partial charge in [0.05, 0.1) is 24.0 Å². The third kappa shape index (κ3) is 4.07. The summed E-state index contributed by atoms with van der Waals surface area (Å²) in [5.41, 5.74) is 1.58. The smallest absolute Gasteiger partial charge is 0.341 e. The highest BCUT2D eigenvalue weighted by molar-refractivity contribution is 7.99. The summed E-state index contributed by atoms with van der Waals surface area (Å²) in [6.07, 6.45) is 4.98. The van der Waals surface area contributed by atoms with Crippen LogP contribution in [0.3, 0.4) is 0 Å². The number of hydrogen-bond acceptors (Lipinski definition) is 8. The van der Waals surface area contributed by atoms with Crippen LogP contribution in [0, 0.1) is 5.92 Å². The number of anilines is 1. The summed E-state index contributed by atoms with van der Waals surface area (Å²) in [6, 6.07) is 0.363. The molecule has 0 radical (unpaired) electrons. The zero-order valence-electron chi connectivity index (χ0n) is 15.9. The second-order valence-electron chi connectivity index (χ2n) is 7.25. The standard InChI is InChI=1S/C18H23N5O3S2/c1-3-26-17(25)15-12-7-4-10(2)8-13(12)28-16(15)19-14(24)9-27-18-20-21-22-23(18)11-5-6-11/h10-11H,3-9H2,1-2H3,(H,19,24). The first-order valence-electron chi connectivity index (χ1n) is 9.59. The lowest BCUT2D eigenvalue weighted by molar-refractivity contribution is -0.113. The molecule has 4 rings (SSSR count). The van der Waals surface area contributed by atoms with Crippen molar-refractivity contribution in [1.82, 2.24) is 20.2 Å². The van der Waals surface area contributed by atoms with Crippen molar-refractivity contribution in [2.24, 2.45) is 5.92 Å². The molecule has 2 heterocycles. The summed E-state index contributed by atoms with van der Waals surface area (Å²) < 4.78 is 7.04. The number of thioether (sulfide) groups is 1. The molecule has 150 valence electrons. The summed E-state index contributed by atoms with van der Waals surface area (Å²) in [5.74, 6) is 0.248. The number of carbonyl (C=O) groups excluding carboxylic acids is 2. The predicted molar refractivity (Wildman–Crippen MR) is 107 cm³/mol. The minimum atomic E-state index is -0.352. The molecule has 2 aliphatic rings. The quantitative estimate of drug-likeness (QED) is 0.542. The summed E-state index contributed by atoms with van der Waals surface area (Å²) in [4.78, 5) is 26.3. The monoisotopic (exact) mass is 421 g/mol. The Hall–Kier alpha value is -1.94. The van der Waals surface area contributed by atoms with Crippen LogP contribution in [-0.2, 0) is 22.4 Å². The lowest BCUT2D eigenvalue weighted by Gasteiger charge is -2.18. The predicted octanol–water partition coefficient (Wildman–Crippen LogP) is 3.10. The van der Waals surface area contributed by atoms with Gasteiger partial charge in [0.2, 0.25) is 11.1 Å². The van der Waals surface area contributed by atoms with Crippen LogP contribution >= 0.6 is 23.1 Å². The minimum Gasteiger partial charge on any atom is -0.462 e. The topological polar surface area (TPSA) is 99.0 Å². The van der Waals surface area contributed by atoms with Gasteiger partial charge in [-0.2, -0.15) is 0 Å². The molecular weight excluding hydrogens is 398 g/mol. The number of hydrogen-bond donors (Lipinski definition) is 1. The van der Waals surface area contributed by atoms with E-state index in [9.17, 15) is 9.59 Å². The molecule has 2 aliphatic carbocycles. The van der Waals surface area contributed by atoms with E-state index in [1.165, 1.54) is 28.0 Å². The van der Waals surface area contributed by atoms with Crippen molar-refractivity contribution < 1.29 is 14.3 Å². The van der Waals surface area contributed by atoms with Crippen LogP contribution in [0.2, 0.25) is 0 Å². The minimum absolute atomic E-state index is 0.174. The molecule has 1 amide bonds. The number of esters is 1. The van der Waals surface area contributed by atoms with Crippen LogP contribution < -0.4 is 5.32 Å². The van der Waals surface area contributed by atoms with Crippen molar-refractivity contribution in [3.63, 3.8) is 0 Å². The number of carbonyl (C=O) groups is 2. The van der Waals surface area contributed by atoms with E-state index in [4.69, 9.17) is 4.74 Å². The number of thiophene rings is 1. The van der Waals surface area contributed by atoms with Gasteiger partial charge in [0.25, 0.3) is 0 Å². The summed E-state index contributed by atoms with van der Waals surface area (Å²) in [5, 5.41) is 15.9. The first kappa shape index (κ1) is 19.4. The number of tetrazole rings is 1. The molecule has 2 aromatic heterocycles. The molecule has 8 nitrogen and oxygen atoms in total. The number of rotatable bonds is 7. The first-order chi connectivity index (χ1) is 13.6. The van der Waals surface area contributed by atoms with Gasteiger partial charge >= 0.3 is 5.97 Å². The van der Waals surface area contributed by atoms with Gasteiger partial charge in [0.1, 0.15) is 5.00 Å². The van der Waals surface area contributed by atoms with Crippen molar-refractivity contribution in [2.75, 3.05) is 17.7 Å². The number of fused-ring (bicyclic) bond motifs is 1. The van der Waals surface area contributed by atoms with Crippen molar-refractivity contribution in [2.45, 2.75) is 57.1 Å². The number of nitrogens with one attached hydrogen (secondary N) is 1. The van der Waals surface area contributed by atoms with Gasteiger partial charge < -0.3 is 10.1 Å². The number of aromatic nitrogens is 4. The molecule has 1 fully saturated rings. The fourth-order valence-electron chi connectivity index (χ4n) is 3.38. The largest absolute Gasteiger partial charge is 0.462 e. The van der Waals surface area contributed by atoms with E-state index in [0.717, 1.165) is 37.7 Å². The number of ether oxygens (including phenoxy) is 1. The molecule has 0 aromatic carbocycles.